The maximum atomic E-state index is 10.9. The van der Waals surface area contributed by atoms with Gasteiger partial charge in [-0.25, -0.2) is 9.78 Å². The summed E-state index contributed by atoms with van der Waals surface area (Å²) in [5, 5.41) is 13.4. The number of aromatic amines is 1. The Morgan fingerprint density at radius 2 is 2.14 bits per heavy atom. The van der Waals surface area contributed by atoms with Crippen molar-refractivity contribution in [1.29, 1.82) is 0 Å². The lowest BCUT2D eigenvalue weighted by Crippen LogP contribution is -1.99. The molecule has 0 unspecified atom stereocenters. The zero-order valence-electron chi connectivity index (χ0n) is 11.7. The third-order valence-electron chi connectivity index (χ3n) is 3.46. The van der Waals surface area contributed by atoms with Crippen LogP contribution in [0.3, 0.4) is 0 Å². The van der Waals surface area contributed by atoms with Crippen molar-refractivity contribution in [2.45, 2.75) is 6.92 Å². The highest BCUT2D eigenvalue weighted by molar-refractivity contribution is 5.86. The van der Waals surface area contributed by atoms with Gasteiger partial charge in [0.2, 0.25) is 0 Å². The van der Waals surface area contributed by atoms with Crippen LogP contribution in [0.25, 0.3) is 22.5 Å². The second-order valence-corrected chi connectivity index (χ2v) is 4.75. The van der Waals surface area contributed by atoms with E-state index in [1.807, 2.05) is 32.3 Å². The number of nitrogens with zero attached hydrogens (tertiary/aromatic N) is 3. The predicted octanol–water partition coefficient (Wildman–Crippen LogP) is 2.48. The molecule has 0 saturated heterocycles. The van der Waals surface area contributed by atoms with Gasteiger partial charge in [0.05, 0.1) is 0 Å². The molecule has 0 fully saturated rings. The normalized spacial score (nSPS) is 10.8. The first-order valence-corrected chi connectivity index (χ1v) is 6.45. The molecule has 0 aliphatic heterocycles. The highest BCUT2D eigenvalue weighted by Crippen LogP contribution is 2.32. The maximum Gasteiger partial charge on any atom is 0.354 e. The van der Waals surface area contributed by atoms with Gasteiger partial charge in [0.1, 0.15) is 11.4 Å². The van der Waals surface area contributed by atoms with Crippen molar-refractivity contribution in [3.05, 3.63) is 48.0 Å². The molecule has 0 spiro atoms. The third-order valence-corrected chi connectivity index (χ3v) is 3.46. The average Bonchev–Trinajstić information content (AvgIpc) is 3.08. The number of aromatic nitrogens is 4. The van der Waals surface area contributed by atoms with E-state index >= 15 is 0 Å². The molecule has 0 amide bonds. The van der Waals surface area contributed by atoms with Crippen molar-refractivity contribution >= 4 is 5.97 Å². The van der Waals surface area contributed by atoms with Gasteiger partial charge in [-0.2, -0.15) is 5.10 Å². The topological polar surface area (TPSA) is 83.8 Å². The first-order chi connectivity index (χ1) is 10.1. The Bertz CT molecular complexity index is 786. The predicted molar refractivity (Wildman–Crippen MR) is 77.9 cm³/mol. The molecule has 6 nitrogen and oxygen atoms in total. The van der Waals surface area contributed by atoms with Gasteiger partial charge in [0.15, 0.2) is 0 Å². The number of aromatic carboxylic acids is 1. The number of carboxylic acids is 1. The van der Waals surface area contributed by atoms with Crippen LogP contribution < -0.4 is 0 Å². The van der Waals surface area contributed by atoms with Gasteiger partial charge < -0.3 is 10.1 Å². The lowest BCUT2D eigenvalue weighted by Gasteiger charge is -2.02. The van der Waals surface area contributed by atoms with E-state index in [1.165, 1.54) is 12.3 Å². The molecule has 0 bridgehead atoms. The fourth-order valence-electron chi connectivity index (χ4n) is 2.28. The molecule has 106 valence electrons. The van der Waals surface area contributed by atoms with E-state index in [9.17, 15) is 4.79 Å². The number of aryl methyl sites for hydroxylation is 1. The quantitative estimate of drug-likeness (QED) is 0.773. The summed E-state index contributed by atoms with van der Waals surface area (Å²) in [7, 11) is 1.88. The van der Waals surface area contributed by atoms with Crippen molar-refractivity contribution < 1.29 is 9.90 Å². The van der Waals surface area contributed by atoms with Crippen LogP contribution in [0.5, 0.6) is 0 Å². The van der Waals surface area contributed by atoms with E-state index in [-0.39, 0.29) is 5.69 Å². The number of pyridine rings is 1. The highest BCUT2D eigenvalue weighted by Gasteiger charge is 2.17. The third kappa shape index (κ3) is 2.20. The highest BCUT2D eigenvalue weighted by atomic mass is 16.4. The summed E-state index contributed by atoms with van der Waals surface area (Å²) >= 11 is 0. The van der Waals surface area contributed by atoms with Crippen molar-refractivity contribution in [3.8, 4) is 22.5 Å². The summed E-state index contributed by atoms with van der Waals surface area (Å²) in [6.45, 7) is 1.99. The summed E-state index contributed by atoms with van der Waals surface area (Å²) in [4.78, 5) is 18.0. The summed E-state index contributed by atoms with van der Waals surface area (Å²) in [6, 6.07) is 7.12. The number of nitrogens with one attached hydrogen (secondary N) is 1. The van der Waals surface area contributed by atoms with E-state index in [4.69, 9.17) is 5.11 Å². The first-order valence-electron chi connectivity index (χ1n) is 6.45. The second-order valence-electron chi connectivity index (χ2n) is 4.75. The van der Waals surface area contributed by atoms with Gasteiger partial charge in [-0.3, -0.25) is 4.68 Å². The van der Waals surface area contributed by atoms with Crippen LogP contribution in [0.2, 0.25) is 0 Å². The largest absolute Gasteiger partial charge is 0.477 e. The minimum atomic E-state index is -1.04. The number of hydrogen-bond acceptors (Lipinski definition) is 3. The van der Waals surface area contributed by atoms with E-state index in [0.29, 0.717) is 0 Å². The lowest BCUT2D eigenvalue weighted by atomic mass is 10.0. The summed E-state index contributed by atoms with van der Waals surface area (Å²) < 4.78 is 1.80. The minimum absolute atomic E-state index is 0.0211. The van der Waals surface area contributed by atoms with Crippen molar-refractivity contribution in [2.75, 3.05) is 0 Å². The molecule has 0 atom stereocenters. The number of hydrogen-bond donors (Lipinski definition) is 2. The van der Waals surface area contributed by atoms with Gasteiger partial charge in [-0.05, 0) is 31.2 Å². The molecule has 3 heterocycles. The van der Waals surface area contributed by atoms with Crippen molar-refractivity contribution in [2.24, 2.45) is 7.05 Å². The zero-order valence-corrected chi connectivity index (χ0v) is 11.7. The first kappa shape index (κ1) is 13.1. The maximum absolute atomic E-state index is 10.9. The van der Waals surface area contributed by atoms with Gasteiger partial charge >= 0.3 is 5.97 Å². The minimum Gasteiger partial charge on any atom is -0.477 e. The lowest BCUT2D eigenvalue weighted by molar-refractivity contribution is 0.0690. The Labute approximate surface area is 121 Å². The molecular weight excluding hydrogens is 268 g/mol. The van der Waals surface area contributed by atoms with Crippen molar-refractivity contribution in [3.63, 3.8) is 0 Å². The number of carbonyl (C=O) groups is 1. The Balaban J connectivity index is 2.14. The van der Waals surface area contributed by atoms with Crippen LogP contribution in [-0.2, 0) is 7.05 Å². The standard InChI is InChI=1S/C15H14N4O2/c1-9-13(11-4-3-7-16-11)14(18-19(9)2)10-5-6-12(15(20)21)17-8-10/h3-8,16H,1-2H3,(H,20,21). The van der Waals surface area contributed by atoms with Crippen LogP contribution in [0.1, 0.15) is 16.2 Å². The Morgan fingerprint density at radius 3 is 2.71 bits per heavy atom. The van der Waals surface area contributed by atoms with Crippen LogP contribution in [0.4, 0.5) is 0 Å². The Kier molecular flexibility index (Phi) is 3.06. The fourth-order valence-corrected chi connectivity index (χ4v) is 2.28. The zero-order chi connectivity index (χ0) is 15.0. The second kappa shape index (κ2) is 4.90. The molecule has 6 heteroatoms. The van der Waals surface area contributed by atoms with E-state index < -0.39 is 5.97 Å². The molecule has 0 aromatic carbocycles. The number of H-pyrrole nitrogens is 1. The number of rotatable bonds is 3. The molecule has 2 N–H and O–H groups in total. The molecule has 3 rings (SSSR count). The molecule has 21 heavy (non-hydrogen) atoms. The summed E-state index contributed by atoms with van der Waals surface area (Å²) in [5.41, 5.74) is 4.57. The monoisotopic (exact) mass is 282 g/mol. The average molecular weight is 282 g/mol. The molecule has 0 radical (unpaired) electrons. The summed E-state index contributed by atoms with van der Waals surface area (Å²) in [5.74, 6) is -1.04. The molecular formula is C15H14N4O2. The fraction of sp³-hybridized carbons (Fsp3) is 0.133. The van der Waals surface area contributed by atoms with Gasteiger partial charge in [-0.1, -0.05) is 0 Å². The van der Waals surface area contributed by atoms with Gasteiger partial charge in [-0.15, -0.1) is 0 Å². The molecule has 3 aromatic rings. The molecule has 0 saturated carbocycles. The van der Waals surface area contributed by atoms with Crippen LogP contribution >= 0.6 is 0 Å². The molecule has 0 aliphatic rings. The van der Waals surface area contributed by atoms with E-state index in [2.05, 4.69) is 15.1 Å². The van der Waals surface area contributed by atoms with Gasteiger partial charge in [0, 0.05) is 42.0 Å². The smallest absolute Gasteiger partial charge is 0.354 e. The Hall–Kier alpha value is -2.89. The van der Waals surface area contributed by atoms with Crippen molar-refractivity contribution in [1.82, 2.24) is 19.7 Å². The van der Waals surface area contributed by atoms with E-state index in [1.54, 1.807) is 10.7 Å². The summed E-state index contributed by atoms with van der Waals surface area (Å²) in [6.07, 6.45) is 3.40. The van der Waals surface area contributed by atoms with Crippen LogP contribution in [0, 0.1) is 6.92 Å². The Morgan fingerprint density at radius 1 is 1.33 bits per heavy atom. The van der Waals surface area contributed by atoms with Gasteiger partial charge in [0.25, 0.3) is 0 Å². The molecule has 0 aliphatic carbocycles. The molecule has 3 aromatic heterocycles. The number of carboxylic acid groups (broad SMARTS) is 1. The van der Waals surface area contributed by atoms with E-state index in [0.717, 1.165) is 28.2 Å². The van der Waals surface area contributed by atoms with Crippen LogP contribution in [-0.4, -0.2) is 30.8 Å². The SMILES string of the molecule is Cc1c(-c2ccc[nH]2)c(-c2ccc(C(=O)O)nc2)nn1C. The van der Waals surface area contributed by atoms with Crippen LogP contribution in [0.15, 0.2) is 36.7 Å².